The Morgan fingerprint density at radius 1 is 1.19 bits per heavy atom. The number of nitrogens with one attached hydrogen (secondary N) is 1. The SMILES string of the molecule is Cc1nnc(N[C@H](C)c2ccc(-c3ccccc3CN(C)C(=O)O)s2)c2cc(N3CCOCC3)ncc12. The van der Waals surface area contributed by atoms with Crippen molar-refractivity contribution < 1.29 is 14.6 Å². The molecule has 0 bridgehead atoms. The van der Waals surface area contributed by atoms with Crippen LogP contribution in [0.3, 0.4) is 0 Å². The van der Waals surface area contributed by atoms with Gasteiger partial charge in [-0.25, -0.2) is 9.78 Å². The first-order chi connectivity index (χ1) is 17.9. The van der Waals surface area contributed by atoms with Crippen LogP contribution in [-0.2, 0) is 11.3 Å². The number of benzene rings is 1. The van der Waals surface area contributed by atoms with E-state index in [2.05, 4.69) is 50.5 Å². The van der Waals surface area contributed by atoms with Gasteiger partial charge >= 0.3 is 6.09 Å². The predicted molar refractivity (Wildman–Crippen MR) is 146 cm³/mol. The Hall–Kier alpha value is -3.76. The number of aromatic nitrogens is 3. The molecular formula is C27H30N6O3S. The molecule has 2 N–H and O–H groups in total. The van der Waals surface area contributed by atoms with Crippen LogP contribution in [-0.4, -0.2) is 64.6 Å². The molecule has 0 saturated carbocycles. The minimum atomic E-state index is -0.946. The predicted octanol–water partition coefficient (Wildman–Crippen LogP) is 5.18. The third-order valence-corrected chi connectivity index (χ3v) is 7.89. The molecule has 1 atom stereocenters. The van der Waals surface area contributed by atoms with Crippen molar-refractivity contribution in [3.05, 3.63) is 64.8 Å². The van der Waals surface area contributed by atoms with Crippen molar-refractivity contribution in [3.63, 3.8) is 0 Å². The first-order valence-electron chi connectivity index (χ1n) is 12.2. The number of fused-ring (bicyclic) bond motifs is 1. The lowest BCUT2D eigenvalue weighted by atomic mass is 10.1. The molecule has 0 radical (unpaired) electrons. The standard InChI is InChI=1S/C27H30N6O3S/c1-17-22-15-28-25(33-10-12-36-13-11-33)14-21(22)26(31-30-17)29-18(2)23-8-9-24(37-23)20-7-5-4-6-19(20)16-32(3)27(34)35/h4-9,14-15,18H,10-13,16H2,1-3H3,(H,29,31)(H,34,35)/t18-/m1/s1. The summed E-state index contributed by atoms with van der Waals surface area (Å²) < 4.78 is 5.49. The van der Waals surface area contributed by atoms with Crippen molar-refractivity contribution in [1.29, 1.82) is 0 Å². The van der Waals surface area contributed by atoms with E-state index in [1.165, 1.54) is 4.90 Å². The monoisotopic (exact) mass is 518 g/mol. The molecule has 0 spiro atoms. The second-order valence-corrected chi connectivity index (χ2v) is 10.3. The molecule has 4 aromatic rings. The topological polar surface area (TPSA) is 104 Å². The minimum Gasteiger partial charge on any atom is -0.465 e. The van der Waals surface area contributed by atoms with E-state index in [-0.39, 0.29) is 6.04 Å². The van der Waals surface area contributed by atoms with Crippen LogP contribution in [0.15, 0.2) is 48.7 Å². The third kappa shape index (κ3) is 5.35. The highest BCUT2D eigenvalue weighted by molar-refractivity contribution is 7.15. The van der Waals surface area contributed by atoms with Gasteiger partial charge in [-0.15, -0.1) is 16.4 Å². The number of ether oxygens (including phenoxy) is 1. The Bertz CT molecular complexity index is 1420. The largest absolute Gasteiger partial charge is 0.465 e. The van der Waals surface area contributed by atoms with Crippen LogP contribution < -0.4 is 10.2 Å². The summed E-state index contributed by atoms with van der Waals surface area (Å²) in [5.74, 6) is 1.64. The molecule has 192 valence electrons. The average molecular weight is 519 g/mol. The van der Waals surface area contributed by atoms with Crippen molar-refractivity contribution in [1.82, 2.24) is 20.1 Å². The van der Waals surface area contributed by atoms with Crippen LogP contribution in [0.1, 0.15) is 29.1 Å². The molecule has 1 aliphatic heterocycles. The molecular weight excluding hydrogens is 488 g/mol. The van der Waals surface area contributed by atoms with Crippen LogP contribution in [0, 0.1) is 6.92 Å². The van der Waals surface area contributed by atoms with E-state index in [1.807, 2.05) is 37.4 Å². The van der Waals surface area contributed by atoms with Gasteiger partial charge in [0.2, 0.25) is 0 Å². The molecule has 3 aromatic heterocycles. The maximum absolute atomic E-state index is 11.3. The van der Waals surface area contributed by atoms with E-state index < -0.39 is 6.09 Å². The highest BCUT2D eigenvalue weighted by Gasteiger charge is 2.18. The molecule has 10 heteroatoms. The Kier molecular flexibility index (Phi) is 7.20. The van der Waals surface area contributed by atoms with E-state index in [0.717, 1.165) is 62.1 Å². The number of carboxylic acid groups (broad SMARTS) is 1. The second-order valence-electron chi connectivity index (χ2n) is 9.19. The van der Waals surface area contributed by atoms with Crippen molar-refractivity contribution in [2.75, 3.05) is 43.6 Å². The Morgan fingerprint density at radius 2 is 1.97 bits per heavy atom. The summed E-state index contributed by atoms with van der Waals surface area (Å²) in [7, 11) is 1.58. The van der Waals surface area contributed by atoms with Gasteiger partial charge < -0.3 is 25.0 Å². The zero-order valence-corrected chi connectivity index (χ0v) is 22.0. The highest BCUT2D eigenvalue weighted by Crippen LogP contribution is 2.36. The number of morpholine rings is 1. The average Bonchev–Trinajstić information content (AvgIpc) is 3.41. The molecule has 0 aliphatic carbocycles. The number of hydrogen-bond donors (Lipinski definition) is 2. The van der Waals surface area contributed by atoms with E-state index in [0.29, 0.717) is 19.8 Å². The summed E-state index contributed by atoms with van der Waals surface area (Å²) >= 11 is 1.69. The van der Waals surface area contributed by atoms with Gasteiger partial charge in [0.15, 0.2) is 5.82 Å². The lowest BCUT2D eigenvalue weighted by Gasteiger charge is -2.28. The normalized spacial score (nSPS) is 14.5. The molecule has 37 heavy (non-hydrogen) atoms. The highest BCUT2D eigenvalue weighted by atomic mass is 32.1. The van der Waals surface area contributed by atoms with Crippen molar-refractivity contribution in [2.24, 2.45) is 0 Å². The molecule has 1 saturated heterocycles. The van der Waals surface area contributed by atoms with Crippen LogP contribution in [0.25, 0.3) is 21.2 Å². The number of hydrogen-bond acceptors (Lipinski definition) is 8. The Balaban J connectivity index is 1.40. The molecule has 5 rings (SSSR count). The van der Waals surface area contributed by atoms with Gasteiger partial charge in [0.25, 0.3) is 0 Å². The minimum absolute atomic E-state index is 0.00665. The summed E-state index contributed by atoms with van der Waals surface area (Å²) in [6.45, 7) is 7.42. The number of carbonyl (C=O) groups is 1. The van der Waals surface area contributed by atoms with Gasteiger partial charge in [-0.2, -0.15) is 5.10 Å². The number of rotatable bonds is 7. The number of thiophene rings is 1. The summed E-state index contributed by atoms with van der Waals surface area (Å²) in [5, 5.41) is 23.7. The molecule has 4 heterocycles. The lowest BCUT2D eigenvalue weighted by molar-refractivity contribution is 0.122. The van der Waals surface area contributed by atoms with Gasteiger partial charge in [-0.1, -0.05) is 24.3 Å². The van der Waals surface area contributed by atoms with E-state index >= 15 is 0 Å². The first-order valence-corrected chi connectivity index (χ1v) is 13.1. The molecule has 0 unspecified atom stereocenters. The quantitative estimate of drug-likeness (QED) is 0.345. The molecule has 1 amide bonds. The van der Waals surface area contributed by atoms with Crippen LogP contribution in [0.2, 0.25) is 0 Å². The van der Waals surface area contributed by atoms with E-state index in [4.69, 9.17) is 4.74 Å². The van der Waals surface area contributed by atoms with E-state index in [9.17, 15) is 9.90 Å². The van der Waals surface area contributed by atoms with Gasteiger partial charge in [-0.3, -0.25) is 0 Å². The van der Waals surface area contributed by atoms with Gasteiger partial charge in [-0.05, 0) is 43.2 Å². The smallest absolute Gasteiger partial charge is 0.407 e. The van der Waals surface area contributed by atoms with Crippen molar-refractivity contribution in [3.8, 4) is 10.4 Å². The third-order valence-electron chi connectivity index (χ3n) is 6.59. The molecule has 1 fully saturated rings. The van der Waals surface area contributed by atoms with Crippen LogP contribution >= 0.6 is 11.3 Å². The lowest BCUT2D eigenvalue weighted by Crippen LogP contribution is -2.36. The fraction of sp³-hybridized carbons (Fsp3) is 0.333. The maximum Gasteiger partial charge on any atom is 0.407 e. The maximum atomic E-state index is 11.3. The van der Waals surface area contributed by atoms with Gasteiger partial charge in [0, 0.05) is 53.4 Å². The van der Waals surface area contributed by atoms with Gasteiger partial charge in [0.05, 0.1) is 24.9 Å². The summed E-state index contributed by atoms with van der Waals surface area (Å²) in [6, 6.07) is 14.2. The fourth-order valence-electron chi connectivity index (χ4n) is 4.46. The molecule has 9 nitrogen and oxygen atoms in total. The Morgan fingerprint density at radius 3 is 2.76 bits per heavy atom. The number of anilines is 2. The zero-order chi connectivity index (χ0) is 25.9. The molecule has 1 aliphatic rings. The van der Waals surface area contributed by atoms with Crippen LogP contribution in [0.4, 0.5) is 16.4 Å². The zero-order valence-electron chi connectivity index (χ0n) is 21.1. The summed E-state index contributed by atoms with van der Waals surface area (Å²) in [4.78, 5) is 21.8. The first kappa shape index (κ1) is 24.9. The Labute approximate surface area is 219 Å². The van der Waals surface area contributed by atoms with Gasteiger partial charge in [0.1, 0.15) is 5.82 Å². The second kappa shape index (κ2) is 10.7. The van der Waals surface area contributed by atoms with Crippen molar-refractivity contribution in [2.45, 2.75) is 26.4 Å². The number of pyridine rings is 1. The van der Waals surface area contributed by atoms with Crippen LogP contribution in [0.5, 0.6) is 0 Å². The number of aryl methyl sites for hydroxylation is 1. The van der Waals surface area contributed by atoms with Crippen molar-refractivity contribution >= 4 is 39.8 Å². The fourth-order valence-corrected chi connectivity index (χ4v) is 5.53. The summed E-state index contributed by atoms with van der Waals surface area (Å²) in [5.41, 5.74) is 2.86. The number of nitrogens with zero attached hydrogens (tertiary/aromatic N) is 5. The summed E-state index contributed by atoms with van der Waals surface area (Å²) in [6.07, 6.45) is 0.937. The van der Waals surface area contributed by atoms with E-state index in [1.54, 1.807) is 18.4 Å². The molecule has 1 aromatic carbocycles. The number of amides is 1.